The van der Waals surface area contributed by atoms with Crippen molar-refractivity contribution in [3.63, 3.8) is 0 Å². The molecule has 0 saturated heterocycles. The van der Waals surface area contributed by atoms with Crippen LogP contribution in [0.2, 0.25) is 0 Å². The van der Waals surface area contributed by atoms with Gasteiger partial charge in [0.05, 0.1) is 12.2 Å². The molecular formula is C13H19NO4S. The van der Waals surface area contributed by atoms with Gasteiger partial charge >= 0.3 is 5.97 Å². The number of hydrogen-bond acceptors (Lipinski definition) is 3. The molecule has 0 aliphatic carbocycles. The Kier molecular flexibility index (Phi) is 5.08. The van der Waals surface area contributed by atoms with E-state index < -0.39 is 21.9 Å². The van der Waals surface area contributed by atoms with Gasteiger partial charge in [-0.2, -0.15) is 4.31 Å². The predicted octanol–water partition coefficient (Wildman–Crippen LogP) is 1.48. The first-order valence-corrected chi connectivity index (χ1v) is 7.78. The first kappa shape index (κ1) is 15.7. The fraction of sp³-hybridized carbons (Fsp3) is 0.462. The van der Waals surface area contributed by atoms with E-state index >= 15 is 0 Å². The smallest absolute Gasteiger partial charge is 0.307 e. The molecule has 1 rings (SSSR count). The minimum absolute atomic E-state index is 0.0258. The summed E-state index contributed by atoms with van der Waals surface area (Å²) in [4.78, 5) is 10.8. The molecular weight excluding hydrogens is 266 g/mol. The van der Waals surface area contributed by atoms with Crippen molar-refractivity contribution < 1.29 is 18.3 Å². The Morgan fingerprint density at radius 1 is 1.32 bits per heavy atom. The summed E-state index contributed by atoms with van der Waals surface area (Å²) in [5.74, 6) is -1.74. The number of carboxylic acids is 1. The molecule has 1 atom stereocenters. The summed E-state index contributed by atoms with van der Waals surface area (Å²) in [6.45, 7) is 3.61. The second kappa shape index (κ2) is 6.16. The minimum atomic E-state index is -3.43. The summed E-state index contributed by atoms with van der Waals surface area (Å²) in [6, 6.07) is 7.49. The van der Waals surface area contributed by atoms with Gasteiger partial charge in [-0.15, -0.1) is 0 Å². The molecule has 0 heterocycles. The first-order chi connectivity index (χ1) is 8.70. The van der Waals surface area contributed by atoms with Gasteiger partial charge in [-0.1, -0.05) is 36.8 Å². The van der Waals surface area contributed by atoms with E-state index in [2.05, 4.69) is 0 Å². The first-order valence-electron chi connectivity index (χ1n) is 5.93. The summed E-state index contributed by atoms with van der Waals surface area (Å²) in [5, 5.41) is 8.88. The normalized spacial score (nSPS) is 13.5. The quantitative estimate of drug-likeness (QED) is 0.859. The number of hydrogen-bond donors (Lipinski definition) is 1. The van der Waals surface area contributed by atoms with Crippen molar-refractivity contribution in [3.05, 3.63) is 35.4 Å². The Hall–Kier alpha value is -1.40. The summed E-state index contributed by atoms with van der Waals surface area (Å²) in [6.07, 6.45) is 1.09. The van der Waals surface area contributed by atoms with Gasteiger partial charge in [0.25, 0.3) is 0 Å². The predicted molar refractivity (Wildman–Crippen MR) is 73.2 cm³/mol. The third kappa shape index (κ3) is 5.00. The molecule has 6 heteroatoms. The molecule has 0 fully saturated rings. The SMILES string of the molecule is Cc1ccc(CN(CC(C)C(=O)O)S(C)(=O)=O)cc1. The minimum Gasteiger partial charge on any atom is -0.481 e. The summed E-state index contributed by atoms with van der Waals surface area (Å²) in [7, 11) is -3.43. The van der Waals surface area contributed by atoms with Crippen LogP contribution >= 0.6 is 0 Å². The zero-order chi connectivity index (χ0) is 14.6. The highest BCUT2D eigenvalue weighted by molar-refractivity contribution is 7.88. The van der Waals surface area contributed by atoms with E-state index in [1.165, 1.54) is 11.2 Å². The molecule has 0 aliphatic rings. The van der Waals surface area contributed by atoms with Crippen molar-refractivity contribution in [2.45, 2.75) is 20.4 Å². The average molecular weight is 285 g/mol. The van der Waals surface area contributed by atoms with Crippen LogP contribution in [0.5, 0.6) is 0 Å². The van der Waals surface area contributed by atoms with E-state index in [4.69, 9.17) is 5.11 Å². The van der Waals surface area contributed by atoms with Gasteiger partial charge in [-0.05, 0) is 12.5 Å². The van der Waals surface area contributed by atoms with Crippen LogP contribution in [-0.2, 0) is 21.4 Å². The lowest BCUT2D eigenvalue weighted by Gasteiger charge is -2.22. The van der Waals surface area contributed by atoms with Crippen LogP contribution < -0.4 is 0 Å². The lowest BCUT2D eigenvalue weighted by Crippen LogP contribution is -2.35. The van der Waals surface area contributed by atoms with Crippen molar-refractivity contribution in [3.8, 4) is 0 Å². The monoisotopic (exact) mass is 285 g/mol. The van der Waals surface area contributed by atoms with Gasteiger partial charge in [0.1, 0.15) is 0 Å². The standard InChI is InChI=1S/C13H19NO4S/c1-10-4-6-12(7-5-10)9-14(19(3,17)18)8-11(2)13(15)16/h4-7,11H,8-9H2,1-3H3,(H,15,16). The number of rotatable bonds is 6. The van der Waals surface area contributed by atoms with Crippen LogP contribution in [0.1, 0.15) is 18.1 Å². The zero-order valence-electron chi connectivity index (χ0n) is 11.3. The van der Waals surface area contributed by atoms with Gasteiger partial charge in [-0.25, -0.2) is 8.42 Å². The number of nitrogens with zero attached hydrogens (tertiary/aromatic N) is 1. The third-order valence-electron chi connectivity index (χ3n) is 2.85. The highest BCUT2D eigenvalue weighted by Gasteiger charge is 2.23. The number of benzene rings is 1. The second-order valence-corrected chi connectivity index (χ2v) is 6.76. The maximum Gasteiger partial charge on any atom is 0.307 e. The van der Waals surface area contributed by atoms with Crippen molar-refractivity contribution in [2.75, 3.05) is 12.8 Å². The van der Waals surface area contributed by atoms with Crippen LogP contribution in [-0.4, -0.2) is 36.6 Å². The molecule has 0 bridgehead atoms. The van der Waals surface area contributed by atoms with Crippen molar-refractivity contribution >= 4 is 16.0 Å². The van der Waals surface area contributed by atoms with Crippen LogP contribution in [0.25, 0.3) is 0 Å². The van der Waals surface area contributed by atoms with Crippen molar-refractivity contribution in [1.82, 2.24) is 4.31 Å². The maximum atomic E-state index is 11.7. The van der Waals surface area contributed by atoms with E-state index in [1.807, 2.05) is 31.2 Å². The molecule has 1 aromatic carbocycles. The summed E-state index contributed by atoms with van der Waals surface area (Å²) < 4.78 is 24.6. The molecule has 0 aliphatic heterocycles. The van der Waals surface area contributed by atoms with Crippen molar-refractivity contribution in [1.29, 1.82) is 0 Å². The van der Waals surface area contributed by atoms with E-state index in [9.17, 15) is 13.2 Å². The zero-order valence-corrected chi connectivity index (χ0v) is 12.1. The Balaban J connectivity index is 2.87. The summed E-state index contributed by atoms with van der Waals surface area (Å²) in [5.41, 5.74) is 1.93. The lowest BCUT2D eigenvalue weighted by molar-refractivity contribution is -0.141. The molecule has 1 aromatic rings. The van der Waals surface area contributed by atoms with E-state index in [0.29, 0.717) is 0 Å². The Morgan fingerprint density at radius 3 is 2.26 bits per heavy atom. The Morgan fingerprint density at radius 2 is 1.84 bits per heavy atom. The molecule has 1 unspecified atom stereocenters. The molecule has 0 spiro atoms. The Bertz CT molecular complexity index is 536. The topological polar surface area (TPSA) is 74.7 Å². The van der Waals surface area contributed by atoms with Gasteiger partial charge in [-0.3, -0.25) is 4.79 Å². The summed E-state index contributed by atoms with van der Waals surface area (Å²) >= 11 is 0. The highest BCUT2D eigenvalue weighted by atomic mass is 32.2. The number of carboxylic acid groups (broad SMARTS) is 1. The van der Waals surface area contributed by atoms with E-state index in [0.717, 1.165) is 17.4 Å². The number of sulfonamides is 1. The lowest BCUT2D eigenvalue weighted by atomic mass is 10.1. The number of carbonyl (C=O) groups is 1. The van der Waals surface area contributed by atoms with Crippen LogP contribution in [0.4, 0.5) is 0 Å². The molecule has 106 valence electrons. The number of aliphatic carboxylic acids is 1. The fourth-order valence-corrected chi connectivity index (χ4v) is 2.48. The molecule has 0 radical (unpaired) electrons. The second-order valence-electron chi connectivity index (χ2n) is 4.78. The van der Waals surface area contributed by atoms with Crippen LogP contribution in [0, 0.1) is 12.8 Å². The third-order valence-corrected chi connectivity index (χ3v) is 4.06. The molecule has 0 aromatic heterocycles. The number of aryl methyl sites for hydroxylation is 1. The van der Waals surface area contributed by atoms with E-state index in [-0.39, 0.29) is 13.1 Å². The highest BCUT2D eigenvalue weighted by Crippen LogP contribution is 2.12. The van der Waals surface area contributed by atoms with Crippen molar-refractivity contribution in [2.24, 2.45) is 5.92 Å². The molecule has 1 N–H and O–H groups in total. The molecule has 5 nitrogen and oxygen atoms in total. The van der Waals surface area contributed by atoms with Gasteiger partial charge < -0.3 is 5.11 Å². The van der Waals surface area contributed by atoms with Crippen LogP contribution in [0.15, 0.2) is 24.3 Å². The van der Waals surface area contributed by atoms with Gasteiger partial charge in [0.15, 0.2) is 0 Å². The van der Waals surface area contributed by atoms with Gasteiger partial charge in [0, 0.05) is 13.1 Å². The van der Waals surface area contributed by atoms with Gasteiger partial charge in [0.2, 0.25) is 10.0 Å². The fourth-order valence-electron chi connectivity index (χ4n) is 1.60. The molecule has 0 saturated carbocycles. The molecule has 0 amide bonds. The maximum absolute atomic E-state index is 11.7. The largest absolute Gasteiger partial charge is 0.481 e. The Labute approximate surface area is 113 Å². The molecule has 19 heavy (non-hydrogen) atoms. The average Bonchev–Trinajstić information content (AvgIpc) is 2.29. The van der Waals surface area contributed by atoms with E-state index in [1.54, 1.807) is 0 Å². The van der Waals surface area contributed by atoms with Crippen LogP contribution in [0.3, 0.4) is 0 Å².